The number of hydrogen-bond acceptors (Lipinski definition) is 2. The predicted octanol–water partition coefficient (Wildman–Crippen LogP) is 5.19. The van der Waals surface area contributed by atoms with Crippen molar-refractivity contribution < 1.29 is 4.79 Å². The maximum atomic E-state index is 13.2. The third-order valence-electron chi connectivity index (χ3n) is 5.68. The Balaban J connectivity index is 1.49. The molecule has 3 atom stereocenters. The van der Waals surface area contributed by atoms with E-state index >= 15 is 0 Å². The van der Waals surface area contributed by atoms with Crippen LogP contribution in [-0.2, 0) is 0 Å². The van der Waals surface area contributed by atoms with Gasteiger partial charge in [-0.05, 0) is 55.4 Å². The molecule has 3 aliphatic rings. The fourth-order valence-electron chi connectivity index (χ4n) is 4.57. The SMILES string of the molecule is O=C(N[C@H]1C[C@@H]2CC[C@@H]1C2)N1c2ccccc2Sc2ccccc21. The fourth-order valence-corrected chi connectivity index (χ4v) is 5.63. The predicted molar refractivity (Wildman–Crippen MR) is 96.9 cm³/mol. The number of carbonyl (C=O) groups is 1. The second-order valence-corrected chi connectivity index (χ2v) is 8.19. The molecular weight excluding hydrogens is 316 g/mol. The van der Waals surface area contributed by atoms with Gasteiger partial charge in [0.2, 0.25) is 0 Å². The Labute approximate surface area is 146 Å². The van der Waals surface area contributed by atoms with Crippen LogP contribution in [0.5, 0.6) is 0 Å². The van der Waals surface area contributed by atoms with Crippen molar-refractivity contribution in [2.75, 3.05) is 4.90 Å². The smallest absolute Gasteiger partial charge is 0.326 e. The van der Waals surface area contributed by atoms with Gasteiger partial charge >= 0.3 is 6.03 Å². The molecule has 1 N–H and O–H groups in total. The molecule has 122 valence electrons. The molecule has 0 aromatic heterocycles. The van der Waals surface area contributed by atoms with Gasteiger partial charge in [0, 0.05) is 15.8 Å². The van der Waals surface area contributed by atoms with Gasteiger partial charge in [-0.1, -0.05) is 42.4 Å². The number of anilines is 2. The summed E-state index contributed by atoms with van der Waals surface area (Å²) in [5, 5.41) is 3.34. The summed E-state index contributed by atoms with van der Waals surface area (Å²) < 4.78 is 0. The van der Waals surface area contributed by atoms with Crippen LogP contribution in [0.3, 0.4) is 0 Å². The average molecular weight is 336 g/mol. The van der Waals surface area contributed by atoms with Crippen LogP contribution in [-0.4, -0.2) is 12.1 Å². The second kappa shape index (κ2) is 5.55. The van der Waals surface area contributed by atoms with E-state index in [2.05, 4.69) is 17.4 Å². The van der Waals surface area contributed by atoms with Crippen LogP contribution < -0.4 is 10.2 Å². The molecule has 0 unspecified atom stereocenters. The highest BCUT2D eigenvalue weighted by molar-refractivity contribution is 7.99. The van der Waals surface area contributed by atoms with E-state index in [0.717, 1.165) is 33.5 Å². The van der Waals surface area contributed by atoms with Crippen molar-refractivity contribution in [2.45, 2.75) is 41.5 Å². The molecule has 4 heteroatoms. The minimum absolute atomic E-state index is 0.0211. The number of fused-ring (bicyclic) bond motifs is 4. The third-order valence-corrected chi connectivity index (χ3v) is 6.81. The summed E-state index contributed by atoms with van der Waals surface area (Å²) in [4.78, 5) is 17.3. The van der Waals surface area contributed by atoms with Crippen molar-refractivity contribution in [2.24, 2.45) is 11.8 Å². The molecule has 2 aromatic carbocycles. The number of nitrogens with zero attached hydrogens (tertiary/aromatic N) is 1. The van der Waals surface area contributed by atoms with E-state index in [4.69, 9.17) is 0 Å². The van der Waals surface area contributed by atoms with Crippen LogP contribution in [0.15, 0.2) is 58.3 Å². The Morgan fingerprint density at radius 1 is 0.958 bits per heavy atom. The summed E-state index contributed by atoms with van der Waals surface area (Å²) in [5.41, 5.74) is 1.98. The molecule has 0 saturated heterocycles. The number of hydrogen-bond donors (Lipinski definition) is 1. The topological polar surface area (TPSA) is 32.3 Å². The van der Waals surface area contributed by atoms with Crippen molar-refractivity contribution in [3.8, 4) is 0 Å². The zero-order valence-electron chi connectivity index (χ0n) is 13.4. The van der Waals surface area contributed by atoms with Crippen LogP contribution in [0.2, 0.25) is 0 Å². The average Bonchev–Trinajstić information content (AvgIpc) is 3.22. The third kappa shape index (κ3) is 2.24. The highest BCUT2D eigenvalue weighted by Crippen LogP contribution is 2.48. The summed E-state index contributed by atoms with van der Waals surface area (Å²) in [6.07, 6.45) is 5.08. The molecule has 2 amide bonds. The van der Waals surface area contributed by atoms with Gasteiger partial charge in [-0.15, -0.1) is 0 Å². The Morgan fingerprint density at radius 3 is 2.21 bits per heavy atom. The summed E-state index contributed by atoms with van der Waals surface area (Å²) in [6.45, 7) is 0. The number of benzene rings is 2. The van der Waals surface area contributed by atoms with Crippen LogP contribution in [0.1, 0.15) is 25.7 Å². The van der Waals surface area contributed by atoms with Crippen molar-refractivity contribution >= 4 is 29.2 Å². The number of para-hydroxylation sites is 2. The normalized spacial score (nSPS) is 26.8. The number of nitrogens with one attached hydrogen (secondary N) is 1. The zero-order valence-corrected chi connectivity index (χ0v) is 14.3. The first-order chi connectivity index (χ1) is 11.8. The van der Waals surface area contributed by atoms with Gasteiger partial charge in [-0.25, -0.2) is 4.79 Å². The Kier molecular flexibility index (Phi) is 3.33. The molecule has 2 aromatic rings. The molecule has 3 nitrogen and oxygen atoms in total. The number of urea groups is 1. The van der Waals surface area contributed by atoms with Crippen molar-refractivity contribution in [1.82, 2.24) is 5.32 Å². The summed E-state index contributed by atoms with van der Waals surface area (Å²) in [6, 6.07) is 16.7. The molecule has 0 radical (unpaired) electrons. The highest BCUT2D eigenvalue weighted by Gasteiger charge is 2.41. The molecule has 2 aliphatic carbocycles. The molecule has 1 aliphatic heterocycles. The van der Waals surface area contributed by atoms with Crippen LogP contribution in [0.25, 0.3) is 0 Å². The van der Waals surface area contributed by atoms with Gasteiger partial charge in [0.25, 0.3) is 0 Å². The van der Waals surface area contributed by atoms with E-state index in [0.29, 0.717) is 12.0 Å². The van der Waals surface area contributed by atoms with Gasteiger partial charge in [0.1, 0.15) is 0 Å². The molecule has 2 saturated carbocycles. The molecule has 1 heterocycles. The summed E-state index contributed by atoms with van der Waals surface area (Å²) >= 11 is 1.74. The monoisotopic (exact) mass is 336 g/mol. The van der Waals surface area contributed by atoms with E-state index in [1.54, 1.807) is 11.8 Å². The Bertz CT molecular complexity index is 760. The van der Waals surface area contributed by atoms with Crippen LogP contribution >= 0.6 is 11.8 Å². The van der Waals surface area contributed by atoms with Gasteiger partial charge in [0.05, 0.1) is 11.4 Å². The number of carbonyl (C=O) groups excluding carboxylic acids is 1. The Hall–Kier alpha value is -1.94. The maximum Gasteiger partial charge on any atom is 0.326 e. The van der Waals surface area contributed by atoms with Gasteiger partial charge in [-0.2, -0.15) is 0 Å². The summed E-state index contributed by atoms with van der Waals surface area (Å²) in [5.74, 6) is 1.51. The first-order valence-corrected chi connectivity index (χ1v) is 9.58. The van der Waals surface area contributed by atoms with E-state index in [9.17, 15) is 4.79 Å². The lowest BCUT2D eigenvalue weighted by Crippen LogP contribution is -2.45. The highest BCUT2D eigenvalue weighted by atomic mass is 32.2. The minimum Gasteiger partial charge on any atom is -0.334 e. The molecule has 0 spiro atoms. The number of rotatable bonds is 1. The molecule has 5 rings (SSSR count). The molecule has 2 fully saturated rings. The largest absolute Gasteiger partial charge is 0.334 e. The van der Waals surface area contributed by atoms with Crippen LogP contribution in [0, 0.1) is 11.8 Å². The van der Waals surface area contributed by atoms with Gasteiger partial charge in [0.15, 0.2) is 0 Å². The minimum atomic E-state index is 0.0211. The molecule has 2 bridgehead atoms. The lowest BCUT2D eigenvalue weighted by molar-refractivity contribution is 0.238. The molecule has 24 heavy (non-hydrogen) atoms. The van der Waals surface area contributed by atoms with Crippen molar-refractivity contribution in [3.05, 3.63) is 48.5 Å². The lowest BCUT2D eigenvalue weighted by Gasteiger charge is -2.33. The second-order valence-electron chi connectivity index (χ2n) is 7.10. The van der Waals surface area contributed by atoms with E-state index in [1.165, 1.54) is 19.3 Å². The van der Waals surface area contributed by atoms with Crippen LogP contribution in [0.4, 0.5) is 16.2 Å². The van der Waals surface area contributed by atoms with Gasteiger partial charge < -0.3 is 5.32 Å². The lowest BCUT2D eigenvalue weighted by atomic mass is 9.95. The van der Waals surface area contributed by atoms with Gasteiger partial charge in [-0.3, -0.25) is 4.90 Å². The van der Waals surface area contributed by atoms with Crippen molar-refractivity contribution in [1.29, 1.82) is 0 Å². The first kappa shape index (κ1) is 14.4. The van der Waals surface area contributed by atoms with Crippen molar-refractivity contribution in [3.63, 3.8) is 0 Å². The quantitative estimate of drug-likeness (QED) is 0.777. The van der Waals surface area contributed by atoms with E-state index < -0.39 is 0 Å². The molecular formula is C20H20N2OS. The number of amides is 2. The van der Waals surface area contributed by atoms with E-state index in [1.807, 2.05) is 41.3 Å². The maximum absolute atomic E-state index is 13.2. The first-order valence-electron chi connectivity index (χ1n) is 8.76. The standard InChI is InChI=1S/C20H20N2OS/c23-20(21-15-12-13-9-10-14(15)11-13)22-16-5-1-3-7-18(16)24-19-8-4-2-6-17(19)22/h1-8,13-15H,9-12H2,(H,21,23)/t13-,14-,15+/m1/s1. The van der Waals surface area contributed by atoms with E-state index in [-0.39, 0.29) is 6.03 Å². The Morgan fingerprint density at radius 2 is 1.62 bits per heavy atom. The fraction of sp³-hybridized carbons (Fsp3) is 0.350. The summed E-state index contributed by atoms with van der Waals surface area (Å²) in [7, 11) is 0. The zero-order chi connectivity index (χ0) is 16.1.